The highest BCUT2D eigenvalue weighted by molar-refractivity contribution is 7.16. The number of thiophene rings is 1. The molecule has 0 aliphatic carbocycles. The fourth-order valence-corrected chi connectivity index (χ4v) is 4.03. The Hall–Kier alpha value is -1.62. The maximum Gasteiger partial charge on any atom is 0.319 e. The molecule has 0 atom stereocenters. The van der Waals surface area contributed by atoms with Crippen LogP contribution in [-0.2, 0) is 17.8 Å². The van der Waals surface area contributed by atoms with Crippen LogP contribution in [0.4, 0.5) is 9.80 Å². The van der Waals surface area contributed by atoms with Gasteiger partial charge in [0, 0.05) is 17.8 Å². The Kier molecular flexibility index (Phi) is 6.82. The molecule has 1 aliphatic heterocycles. The van der Waals surface area contributed by atoms with E-state index in [1.807, 2.05) is 13.8 Å². The fraction of sp³-hybridized carbons (Fsp3) is 0.667. The number of anilines is 1. The van der Waals surface area contributed by atoms with E-state index in [0.717, 1.165) is 36.5 Å². The van der Waals surface area contributed by atoms with Crippen molar-refractivity contribution in [2.75, 3.05) is 31.5 Å². The minimum absolute atomic E-state index is 0.255. The lowest BCUT2D eigenvalue weighted by Crippen LogP contribution is -2.32. The van der Waals surface area contributed by atoms with Crippen molar-refractivity contribution in [2.24, 2.45) is 0 Å². The number of amides is 2. The van der Waals surface area contributed by atoms with Gasteiger partial charge in [0.1, 0.15) is 11.1 Å². The molecule has 0 aromatic carbocycles. The predicted molar refractivity (Wildman–Crippen MR) is 101 cm³/mol. The average Bonchev–Trinajstić information content (AvgIpc) is 2.90. The molecular weight excluding hydrogens is 336 g/mol. The van der Waals surface area contributed by atoms with Crippen LogP contribution >= 0.6 is 11.3 Å². The normalized spacial score (nSPS) is 15.5. The molecule has 7 heteroatoms. The minimum Gasteiger partial charge on any atom is -0.370 e. The topological polar surface area (TPSA) is 77.4 Å². The van der Waals surface area contributed by atoms with Gasteiger partial charge in [0.05, 0.1) is 17.8 Å². The maximum absolute atomic E-state index is 12.1. The molecule has 0 saturated carbocycles. The van der Waals surface area contributed by atoms with Crippen molar-refractivity contribution in [2.45, 2.75) is 52.7 Å². The Labute approximate surface area is 154 Å². The SMILES string of the molecule is CCN(CC)CCCNC(=O)Nc1sc2c(c1C#N)CC(C)(C)OC2. The lowest BCUT2D eigenvalue weighted by Gasteiger charge is -2.29. The Morgan fingerprint density at radius 2 is 2.12 bits per heavy atom. The lowest BCUT2D eigenvalue weighted by molar-refractivity contribution is -0.0383. The summed E-state index contributed by atoms with van der Waals surface area (Å²) in [5, 5.41) is 15.8. The summed E-state index contributed by atoms with van der Waals surface area (Å²) in [5.41, 5.74) is 1.32. The van der Waals surface area contributed by atoms with Gasteiger partial charge in [-0.3, -0.25) is 5.32 Å². The van der Waals surface area contributed by atoms with E-state index in [0.29, 0.717) is 30.1 Å². The molecule has 138 valence electrons. The number of carbonyl (C=O) groups is 1. The number of nitriles is 1. The van der Waals surface area contributed by atoms with Crippen LogP contribution in [0.15, 0.2) is 0 Å². The molecule has 0 bridgehead atoms. The first kappa shape index (κ1) is 19.7. The zero-order chi connectivity index (χ0) is 18.4. The van der Waals surface area contributed by atoms with Crippen LogP contribution in [0.1, 0.15) is 50.1 Å². The van der Waals surface area contributed by atoms with Gasteiger partial charge >= 0.3 is 6.03 Å². The lowest BCUT2D eigenvalue weighted by atomic mass is 9.93. The molecular formula is C18H28N4O2S. The maximum atomic E-state index is 12.1. The predicted octanol–water partition coefficient (Wildman–Crippen LogP) is 3.32. The Morgan fingerprint density at radius 3 is 2.76 bits per heavy atom. The summed E-state index contributed by atoms with van der Waals surface area (Å²) in [4.78, 5) is 15.5. The fourth-order valence-electron chi connectivity index (χ4n) is 2.95. The minimum atomic E-state index is -0.274. The van der Waals surface area contributed by atoms with Crippen molar-refractivity contribution in [3.05, 3.63) is 16.0 Å². The van der Waals surface area contributed by atoms with Crippen molar-refractivity contribution in [1.82, 2.24) is 10.2 Å². The molecule has 1 aromatic heterocycles. The number of urea groups is 1. The molecule has 2 heterocycles. The second-order valence-electron chi connectivity index (χ2n) is 6.81. The number of nitrogens with zero attached hydrogens (tertiary/aromatic N) is 2. The third-order valence-corrected chi connectivity index (χ3v) is 5.58. The average molecular weight is 365 g/mol. The summed E-state index contributed by atoms with van der Waals surface area (Å²) in [5.74, 6) is 0. The molecule has 0 radical (unpaired) electrons. The summed E-state index contributed by atoms with van der Waals surface area (Å²) in [6.07, 6.45) is 1.60. The number of nitrogens with one attached hydrogen (secondary N) is 2. The molecule has 1 aromatic rings. The number of carbonyl (C=O) groups excluding carboxylic acids is 1. The number of ether oxygens (including phenoxy) is 1. The van der Waals surface area contributed by atoms with E-state index in [1.165, 1.54) is 11.3 Å². The van der Waals surface area contributed by atoms with Crippen molar-refractivity contribution < 1.29 is 9.53 Å². The zero-order valence-corrected chi connectivity index (χ0v) is 16.4. The Morgan fingerprint density at radius 1 is 1.40 bits per heavy atom. The molecule has 25 heavy (non-hydrogen) atoms. The number of rotatable bonds is 7. The second-order valence-corrected chi connectivity index (χ2v) is 7.91. The van der Waals surface area contributed by atoms with E-state index in [2.05, 4.69) is 35.5 Å². The summed E-state index contributed by atoms with van der Waals surface area (Å²) >= 11 is 1.44. The first-order chi connectivity index (χ1) is 11.9. The third kappa shape index (κ3) is 5.18. The third-order valence-electron chi connectivity index (χ3n) is 4.46. The van der Waals surface area contributed by atoms with Gasteiger partial charge in [-0.05, 0) is 45.5 Å². The van der Waals surface area contributed by atoms with Gasteiger partial charge in [-0.2, -0.15) is 5.26 Å². The zero-order valence-electron chi connectivity index (χ0n) is 15.6. The molecule has 0 spiro atoms. The van der Waals surface area contributed by atoms with Crippen molar-refractivity contribution in [3.63, 3.8) is 0 Å². The molecule has 1 aliphatic rings. The van der Waals surface area contributed by atoms with Gasteiger partial charge in [-0.15, -0.1) is 11.3 Å². The molecule has 0 saturated heterocycles. The molecule has 2 amide bonds. The highest BCUT2D eigenvalue weighted by Gasteiger charge is 2.31. The van der Waals surface area contributed by atoms with Gasteiger partial charge < -0.3 is 15.0 Å². The van der Waals surface area contributed by atoms with Gasteiger partial charge in [0.15, 0.2) is 0 Å². The summed E-state index contributed by atoms with van der Waals surface area (Å²) < 4.78 is 5.80. The van der Waals surface area contributed by atoms with Crippen molar-refractivity contribution in [3.8, 4) is 6.07 Å². The Bertz CT molecular complexity index is 644. The Balaban J connectivity index is 1.91. The van der Waals surface area contributed by atoms with Crippen molar-refractivity contribution in [1.29, 1.82) is 5.26 Å². The quantitative estimate of drug-likeness (QED) is 0.728. The van der Waals surface area contributed by atoms with Crippen LogP contribution < -0.4 is 10.6 Å². The molecule has 2 rings (SSSR count). The summed E-state index contributed by atoms with van der Waals surface area (Å²) in [7, 11) is 0. The second kappa shape index (κ2) is 8.65. The summed E-state index contributed by atoms with van der Waals surface area (Å²) in [6, 6.07) is 2.00. The molecule has 2 N–H and O–H groups in total. The van der Waals surface area contributed by atoms with E-state index in [4.69, 9.17) is 4.74 Å². The number of fused-ring (bicyclic) bond motifs is 1. The summed E-state index contributed by atoms with van der Waals surface area (Å²) in [6.45, 7) is 12.4. The first-order valence-electron chi connectivity index (χ1n) is 8.86. The van der Waals surface area contributed by atoms with E-state index >= 15 is 0 Å². The number of hydrogen-bond donors (Lipinski definition) is 2. The number of hydrogen-bond acceptors (Lipinski definition) is 5. The molecule has 6 nitrogen and oxygen atoms in total. The highest BCUT2D eigenvalue weighted by atomic mass is 32.1. The molecule has 0 fully saturated rings. The van der Waals surface area contributed by atoms with E-state index in [1.54, 1.807) is 0 Å². The van der Waals surface area contributed by atoms with Gasteiger partial charge in [-0.1, -0.05) is 13.8 Å². The largest absolute Gasteiger partial charge is 0.370 e. The van der Waals surface area contributed by atoms with Crippen LogP contribution in [0.2, 0.25) is 0 Å². The first-order valence-corrected chi connectivity index (χ1v) is 9.67. The van der Waals surface area contributed by atoms with E-state index < -0.39 is 0 Å². The smallest absolute Gasteiger partial charge is 0.319 e. The van der Waals surface area contributed by atoms with Gasteiger partial charge in [0.25, 0.3) is 0 Å². The van der Waals surface area contributed by atoms with Gasteiger partial charge in [-0.25, -0.2) is 4.79 Å². The van der Waals surface area contributed by atoms with E-state index in [9.17, 15) is 10.1 Å². The highest BCUT2D eigenvalue weighted by Crippen LogP contribution is 2.39. The molecule has 0 unspecified atom stereocenters. The van der Waals surface area contributed by atoms with Crippen LogP contribution in [0, 0.1) is 11.3 Å². The van der Waals surface area contributed by atoms with E-state index in [-0.39, 0.29) is 11.6 Å². The monoisotopic (exact) mass is 364 g/mol. The van der Waals surface area contributed by atoms with Crippen molar-refractivity contribution >= 4 is 22.4 Å². The standard InChI is InChI=1S/C18H28N4O2S/c1-5-22(6-2)9-7-8-20-17(23)21-16-14(11-19)13-10-18(3,4)24-12-15(13)25-16/h5-10,12H2,1-4H3,(H2,20,21,23). The van der Waals surface area contributed by atoms with Crippen LogP contribution in [0.25, 0.3) is 0 Å². The van der Waals surface area contributed by atoms with Crippen LogP contribution in [0.5, 0.6) is 0 Å². The van der Waals surface area contributed by atoms with Gasteiger partial charge in [0.2, 0.25) is 0 Å². The van der Waals surface area contributed by atoms with Crippen LogP contribution in [-0.4, -0.2) is 42.7 Å². The van der Waals surface area contributed by atoms with Crippen LogP contribution in [0.3, 0.4) is 0 Å².